The van der Waals surface area contributed by atoms with E-state index in [4.69, 9.17) is 9.47 Å². The fraction of sp³-hybridized carbons (Fsp3) is 0.310. The first-order valence-electron chi connectivity index (χ1n) is 12.8. The SMILES string of the molecule is C=CCNC(=O)Nc1ccc2c(c1)C(=O)C(=Cc1cn(CCN3CCN(C)CC3)c3ccc(OC)cc13)O2. The highest BCUT2D eigenvalue weighted by atomic mass is 16.5. The van der Waals surface area contributed by atoms with Crippen molar-refractivity contribution in [2.24, 2.45) is 0 Å². The summed E-state index contributed by atoms with van der Waals surface area (Å²) in [5.41, 5.74) is 2.88. The number of hydrogen-bond acceptors (Lipinski definition) is 6. The van der Waals surface area contributed by atoms with E-state index in [-0.39, 0.29) is 17.6 Å². The molecule has 0 aliphatic carbocycles. The standard InChI is InChI=1S/C29H33N5O4/c1-4-9-30-29(36)31-21-5-8-26-24(17-21)28(35)27(38-26)16-20-19-34(15-14-33-12-10-32(2)11-13-33)25-7-6-22(37-3)18-23(20)25/h4-8,16-19H,1,9-15H2,2-3H3,(H2,30,31,36). The number of ketones is 1. The zero-order valence-electron chi connectivity index (χ0n) is 21.8. The predicted molar refractivity (Wildman–Crippen MR) is 149 cm³/mol. The number of fused-ring (bicyclic) bond motifs is 2. The Morgan fingerprint density at radius 3 is 2.71 bits per heavy atom. The average Bonchev–Trinajstić information content (AvgIpc) is 3.43. The summed E-state index contributed by atoms with van der Waals surface area (Å²) in [6, 6.07) is 10.7. The number of rotatable bonds is 8. The molecule has 9 heteroatoms. The Labute approximate surface area is 222 Å². The summed E-state index contributed by atoms with van der Waals surface area (Å²) in [7, 11) is 3.81. The van der Waals surface area contributed by atoms with Crippen molar-refractivity contribution in [2.45, 2.75) is 6.54 Å². The number of piperazine rings is 1. The predicted octanol–water partition coefficient (Wildman–Crippen LogP) is 3.82. The maximum Gasteiger partial charge on any atom is 0.319 e. The molecule has 2 aliphatic rings. The van der Waals surface area contributed by atoms with Gasteiger partial charge in [0.2, 0.25) is 5.78 Å². The number of aromatic nitrogens is 1. The molecule has 2 aliphatic heterocycles. The quantitative estimate of drug-likeness (QED) is 0.350. The lowest BCUT2D eigenvalue weighted by Gasteiger charge is -2.32. The number of methoxy groups -OCH3 is 1. The molecule has 1 fully saturated rings. The summed E-state index contributed by atoms with van der Waals surface area (Å²) in [6.07, 6.45) is 5.46. The summed E-state index contributed by atoms with van der Waals surface area (Å²) in [4.78, 5) is 30.1. The maximum absolute atomic E-state index is 13.3. The van der Waals surface area contributed by atoms with E-state index in [1.165, 1.54) is 0 Å². The number of likely N-dealkylation sites (N-methyl/N-ethyl adjacent to an activating group) is 1. The van der Waals surface area contributed by atoms with Gasteiger partial charge in [-0.15, -0.1) is 6.58 Å². The number of ether oxygens (including phenoxy) is 2. The summed E-state index contributed by atoms with van der Waals surface area (Å²) in [6.45, 7) is 10.0. The molecule has 0 saturated carbocycles. The van der Waals surface area contributed by atoms with Crippen LogP contribution in [0.2, 0.25) is 0 Å². The monoisotopic (exact) mass is 515 g/mol. The van der Waals surface area contributed by atoms with Crippen molar-refractivity contribution in [3.8, 4) is 11.5 Å². The second-order valence-corrected chi connectivity index (χ2v) is 9.58. The molecule has 0 unspecified atom stereocenters. The number of anilines is 1. The highest BCUT2D eigenvalue weighted by Crippen LogP contribution is 2.35. The minimum atomic E-state index is -0.370. The third-order valence-electron chi connectivity index (χ3n) is 6.99. The van der Waals surface area contributed by atoms with Crippen molar-refractivity contribution < 1.29 is 19.1 Å². The topological polar surface area (TPSA) is 88.1 Å². The Bertz CT molecular complexity index is 1400. The van der Waals surface area contributed by atoms with Gasteiger partial charge < -0.3 is 29.6 Å². The van der Waals surface area contributed by atoms with Crippen LogP contribution in [-0.4, -0.2) is 79.6 Å². The number of carbonyl (C=O) groups is 2. The van der Waals surface area contributed by atoms with Crippen molar-refractivity contribution in [3.05, 3.63) is 72.1 Å². The van der Waals surface area contributed by atoms with Crippen LogP contribution in [-0.2, 0) is 6.54 Å². The minimum Gasteiger partial charge on any atom is -0.497 e. The number of nitrogens with zero attached hydrogens (tertiary/aromatic N) is 3. The molecule has 198 valence electrons. The van der Waals surface area contributed by atoms with Crippen LogP contribution in [0.5, 0.6) is 11.5 Å². The van der Waals surface area contributed by atoms with E-state index in [0.29, 0.717) is 23.5 Å². The summed E-state index contributed by atoms with van der Waals surface area (Å²) in [5.74, 6) is 1.24. The number of amides is 2. The van der Waals surface area contributed by atoms with Crippen LogP contribution in [0.4, 0.5) is 10.5 Å². The second kappa shape index (κ2) is 11.1. The molecule has 0 spiro atoms. The number of nitrogens with one attached hydrogen (secondary N) is 2. The second-order valence-electron chi connectivity index (χ2n) is 9.58. The first kappa shape index (κ1) is 25.6. The molecule has 1 saturated heterocycles. The van der Waals surface area contributed by atoms with E-state index in [1.807, 2.05) is 12.1 Å². The number of hydrogen-bond donors (Lipinski definition) is 2. The molecule has 38 heavy (non-hydrogen) atoms. The number of benzene rings is 2. The van der Waals surface area contributed by atoms with Crippen LogP contribution in [0.3, 0.4) is 0 Å². The molecule has 2 N–H and O–H groups in total. The fourth-order valence-corrected chi connectivity index (χ4v) is 4.80. The first-order chi connectivity index (χ1) is 18.4. The molecule has 0 radical (unpaired) electrons. The zero-order valence-corrected chi connectivity index (χ0v) is 21.8. The molecule has 2 aromatic carbocycles. The summed E-state index contributed by atoms with van der Waals surface area (Å²) < 4.78 is 13.7. The first-order valence-corrected chi connectivity index (χ1v) is 12.8. The van der Waals surface area contributed by atoms with Crippen LogP contribution in [0, 0.1) is 0 Å². The number of Topliss-reactive ketones (excluding diaryl/α,β-unsaturated/α-hetero) is 1. The highest BCUT2D eigenvalue weighted by molar-refractivity contribution is 6.15. The Morgan fingerprint density at radius 1 is 1.13 bits per heavy atom. The van der Waals surface area contributed by atoms with E-state index < -0.39 is 0 Å². The van der Waals surface area contributed by atoms with Gasteiger partial charge in [0.15, 0.2) is 5.76 Å². The molecule has 2 amide bonds. The van der Waals surface area contributed by atoms with E-state index in [2.05, 4.69) is 50.9 Å². The molecule has 3 heterocycles. The Hall–Kier alpha value is -4.08. The van der Waals surface area contributed by atoms with Crippen molar-refractivity contribution in [2.75, 3.05) is 58.7 Å². The number of urea groups is 1. The van der Waals surface area contributed by atoms with Crippen LogP contribution in [0.25, 0.3) is 17.0 Å². The van der Waals surface area contributed by atoms with Crippen molar-refractivity contribution in [1.82, 2.24) is 19.7 Å². The van der Waals surface area contributed by atoms with Gasteiger partial charge in [-0.25, -0.2) is 4.79 Å². The van der Waals surface area contributed by atoms with Gasteiger partial charge in [0.1, 0.15) is 11.5 Å². The summed E-state index contributed by atoms with van der Waals surface area (Å²) >= 11 is 0. The molecule has 1 aromatic heterocycles. The van der Waals surface area contributed by atoms with Gasteiger partial charge >= 0.3 is 6.03 Å². The van der Waals surface area contributed by atoms with Crippen LogP contribution in [0.15, 0.2) is 61.0 Å². The lowest BCUT2D eigenvalue weighted by atomic mass is 10.1. The van der Waals surface area contributed by atoms with Crippen LogP contribution in [0.1, 0.15) is 15.9 Å². The van der Waals surface area contributed by atoms with E-state index in [9.17, 15) is 9.59 Å². The van der Waals surface area contributed by atoms with Gasteiger partial charge in [-0.3, -0.25) is 9.69 Å². The van der Waals surface area contributed by atoms with Crippen molar-refractivity contribution in [3.63, 3.8) is 0 Å². The molecular weight excluding hydrogens is 482 g/mol. The van der Waals surface area contributed by atoms with Gasteiger partial charge in [0.25, 0.3) is 0 Å². The third-order valence-corrected chi connectivity index (χ3v) is 6.99. The lowest BCUT2D eigenvalue weighted by molar-refractivity contribution is 0.101. The van der Waals surface area contributed by atoms with Crippen LogP contribution >= 0.6 is 0 Å². The minimum absolute atomic E-state index is 0.226. The highest BCUT2D eigenvalue weighted by Gasteiger charge is 2.28. The van der Waals surface area contributed by atoms with E-state index >= 15 is 0 Å². The molecule has 3 aromatic rings. The summed E-state index contributed by atoms with van der Waals surface area (Å²) in [5, 5.41) is 6.37. The molecule has 9 nitrogen and oxygen atoms in total. The fourth-order valence-electron chi connectivity index (χ4n) is 4.80. The lowest BCUT2D eigenvalue weighted by Crippen LogP contribution is -2.45. The maximum atomic E-state index is 13.3. The number of allylic oxidation sites excluding steroid dienone is 1. The van der Waals surface area contributed by atoms with Gasteiger partial charge in [0.05, 0.1) is 12.7 Å². The normalized spacial score (nSPS) is 16.9. The van der Waals surface area contributed by atoms with E-state index in [0.717, 1.165) is 61.5 Å². The van der Waals surface area contributed by atoms with Crippen LogP contribution < -0.4 is 20.1 Å². The Morgan fingerprint density at radius 2 is 1.95 bits per heavy atom. The molecular formula is C29H33N5O4. The van der Waals surface area contributed by atoms with Gasteiger partial charge in [-0.2, -0.15) is 0 Å². The average molecular weight is 516 g/mol. The Balaban J connectivity index is 1.39. The van der Waals surface area contributed by atoms with Crippen molar-refractivity contribution >= 4 is 34.5 Å². The third kappa shape index (κ3) is 5.44. The van der Waals surface area contributed by atoms with Gasteiger partial charge in [-0.1, -0.05) is 6.08 Å². The van der Waals surface area contributed by atoms with Crippen molar-refractivity contribution in [1.29, 1.82) is 0 Å². The largest absolute Gasteiger partial charge is 0.497 e. The molecule has 0 bridgehead atoms. The zero-order chi connectivity index (χ0) is 26.6. The molecule has 5 rings (SSSR count). The van der Waals surface area contributed by atoms with Gasteiger partial charge in [0, 0.05) is 74.2 Å². The smallest absolute Gasteiger partial charge is 0.319 e. The number of carbonyl (C=O) groups excluding carboxylic acids is 2. The van der Waals surface area contributed by atoms with Gasteiger partial charge in [-0.05, 0) is 49.5 Å². The molecule has 0 atom stereocenters. The van der Waals surface area contributed by atoms with E-state index in [1.54, 1.807) is 37.5 Å². The Kier molecular flexibility index (Phi) is 7.48.